The number of hydrogen-bond acceptors (Lipinski definition) is 7. The zero-order valence-electron chi connectivity index (χ0n) is 23.9. The molecule has 4 atom stereocenters. The molecule has 0 radical (unpaired) electrons. The molecule has 0 aromatic heterocycles. The maximum absolute atomic E-state index is 12.5. The fraction of sp³-hybridized carbons (Fsp3) is 0.533. The van der Waals surface area contributed by atoms with Gasteiger partial charge in [0.05, 0.1) is 24.3 Å². The SMILES string of the molecule is CC(C)(C)OC(=O)N[C@@H](Cc1ccccc1)[C@H](O)CNC[C@H](O)[C@@H](Cc1ccccc1)NC(=O)OC(C)(C)C. The molecule has 2 aromatic carbocycles. The first-order valence-corrected chi connectivity index (χ1v) is 13.4. The third kappa shape index (κ3) is 13.5. The Morgan fingerprint density at radius 2 is 1.00 bits per heavy atom. The summed E-state index contributed by atoms with van der Waals surface area (Å²) in [4.78, 5) is 24.9. The molecule has 0 heterocycles. The van der Waals surface area contributed by atoms with Crippen LogP contribution in [0.25, 0.3) is 0 Å². The van der Waals surface area contributed by atoms with Crippen LogP contribution in [0, 0.1) is 0 Å². The van der Waals surface area contributed by atoms with Crippen LogP contribution < -0.4 is 16.0 Å². The van der Waals surface area contributed by atoms with Crippen molar-refractivity contribution in [3.05, 3.63) is 71.8 Å². The van der Waals surface area contributed by atoms with Gasteiger partial charge in [0, 0.05) is 13.1 Å². The molecule has 216 valence electrons. The Kier molecular flexibility index (Phi) is 12.2. The van der Waals surface area contributed by atoms with Gasteiger partial charge in [-0.3, -0.25) is 0 Å². The summed E-state index contributed by atoms with van der Waals surface area (Å²) in [7, 11) is 0. The van der Waals surface area contributed by atoms with E-state index in [-0.39, 0.29) is 13.1 Å². The van der Waals surface area contributed by atoms with Crippen LogP contribution in [0.1, 0.15) is 52.7 Å². The fourth-order valence-electron chi connectivity index (χ4n) is 3.88. The summed E-state index contributed by atoms with van der Waals surface area (Å²) < 4.78 is 10.8. The predicted molar refractivity (Wildman–Crippen MR) is 151 cm³/mol. The molecule has 2 aromatic rings. The van der Waals surface area contributed by atoms with Crippen LogP contribution >= 0.6 is 0 Å². The molecule has 5 N–H and O–H groups in total. The van der Waals surface area contributed by atoms with E-state index < -0.39 is 47.7 Å². The molecular weight excluding hydrogens is 498 g/mol. The lowest BCUT2D eigenvalue weighted by Crippen LogP contribution is -2.53. The number of benzene rings is 2. The van der Waals surface area contributed by atoms with Gasteiger partial charge in [-0.1, -0.05) is 60.7 Å². The van der Waals surface area contributed by atoms with Crippen LogP contribution in [0.15, 0.2) is 60.7 Å². The van der Waals surface area contributed by atoms with Crippen LogP contribution in [-0.4, -0.2) is 71.0 Å². The number of rotatable bonds is 12. The third-order valence-electron chi connectivity index (χ3n) is 5.64. The average molecular weight is 544 g/mol. The van der Waals surface area contributed by atoms with Gasteiger partial charge < -0.3 is 35.6 Å². The highest BCUT2D eigenvalue weighted by molar-refractivity contribution is 5.68. The van der Waals surface area contributed by atoms with Gasteiger partial charge in [-0.2, -0.15) is 0 Å². The van der Waals surface area contributed by atoms with E-state index in [4.69, 9.17) is 9.47 Å². The third-order valence-corrected chi connectivity index (χ3v) is 5.64. The van der Waals surface area contributed by atoms with Gasteiger partial charge in [-0.25, -0.2) is 9.59 Å². The highest BCUT2D eigenvalue weighted by atomic mass is 16.6. The standard InChI is InChI=1S/C30H45N3O6/c1-29(2,3)38-27(36)32-23(17-21-13-9-7-10-14-21)25(34)19-31-20-26(35)24(18-22-15-11-8-12-16-22)33-28(37)39-30(4,5)6/h7-16,23-26,31,34-35H,17-20H2,1-6H3,(H,32,36)(H,33,37)/t23-,24+,25+,26-. The highest BCUT2D eigenvalue weighted by Gasteiger charge is 2.27. The Labute approximate surface area is 232 Å². The Balaban J connectivity index is 2.03. The Morgan fingerprint density at radius 1 is 0.667 bits per heavy atom. The van der Waals surface area contributed by atoms with Crippen molar-refractivity contribution in [2.45, 2.75) is 89.9 Å². The van der Waals surface area contributed by atoms with Crippen molar-refractivity contribution in [1.82, 2.24) is 16.0 Å². The quantitative estimate of drug-likeness (QED) is 0.277. The van der Waals surface area contributed by atoms with Crippen molar-refractivity contribution < 1.29 is 29.3 Å². The van der Waals surface area contributed by atoms with E-state index in [0.29, 0.717) is 12.8 Å². The molecule has 2 amide bonds. The lowest BCUT2D eigenvalue weighted by Gasteiger charge is -2.29. The fourth-order valence-corrected chi connectivity index (χ4v) is 3.88. The van der Waals surface area contributed by atoms with Gasteiger partial charge in [0.15, 0.2) is 0 Å². The van der Waals surface area contributed by atoms with E-state index in [1.807, 2.05) is 60.7 Å². The van der Waals surface area contributed by atoms with Crippen LogP contribution in [0.4, 0.5) is 9.59 Å². The molecule has 0 aliphatic carbocycles. The van der Waals surface area contributed by atoms with Crippen LogP contribution in [0.5, 0.6) is 0 Å². The predicted octanol–water partition coefficient (Wildman–Crippen LogP) is 3.57. The van der Waals surface area contributed by atoms with Gasteiger partial charge >= 0.3 is 12.2 Å². The molecule has 0 unspecified atom stereocenters. The highest BCUT2D eigenvalue weighted by Crippen LogP contribution is 2.12. The van der Waals surface area contributed by atoms with Gasteiger partial charge in [-0.05, 0) is 65.5 Å². The molecule has 0 saturated carbocycles. The largest absolute Gasteiger partial charge is 0.444 e. The van der Waals surface area contributed by atoms with Crippen molar-refractivity contribution in [2.24, 2.45) is 0 Å². The average Bonchev–Trinajstić information content (AvgIpc) is 2.82. The number of nitrogens with one attached hydrogen (secondary N) is 3. The number of alkyl carbamates (subject to hydrolysis) is 2. The molecule has 39 heavy (non-hydrogen) atoms. The summed E-state index contributed by atoms with van der Waals surface area (Å²) in [5, 5.41) is 30.6. The number of ether oxygens (including phenoxy) is 2. The second-order valence-corrected chi connectivity index (χ2v) is 11.7. The Morgan fingerprint density at radius 3 is 1.31 bits per heavy atom. The lowest BCUT2D eigenvalue weighted by molar-refractivity contribution is 0.0399. The van der Waals surface area contributed by atoms with E-state index in [0.717, 1.165) is 11.1 Å². The van der Waals surface area contributed by atoms with Crippen LogP contribution in [0.2, 0.25) is 0 Å². The van der Waals surface area contributed by atoms with Gasteiger partial charge in [0.1, 0.15) is 11.2 Å². The number of aliphatic hydroxyl groups is 2. The second kappa shape index (κ2) is 14.9. The number of aliphatic hydroxyl groups excluding tert-OH is 2. The maximum Gasteiger partial charge on any atom is 0.407 e. The number of carbonyl (C=O) groups excluding carboxylic acids is 2. The topological polar surface area (TPSA) is 129 Å². The van der Waals surface area contributed by atoms with Crippen molar-refractivity contribution in [1.29, 1.82) is 0 Å². The summed E-state index contributed by atoms with van der Waals surface area (Å²) in [5.74, 6) is 0. The molecule has 0 aliphatic rings. The first-order chi connectivity index (χ1) is 18.2. The minimum absolute atomic E-state index is 0.0921. The molecule has 9 heteroatoms. The Hall–Kier alpha value is -3.14. The van der Waals surface area contributed by atoms with Crippen molar-refractivity contribution in [3.8, 4) is 0 Å². The molecule has 0 bridgehead atoms. The number of amides is 2. The molecule has 9 nitrogen and oxygen atoms in total. The monoisotopic (exact) mass is 543 g/mol. The van der Waals surface area contributed by atoms with Gasteiger partial charge in [0.2, 0.25) is 0 Å². The van der Waals surface area contributed by atoms with E-state index >= 15 is 0 Å². The normalized spacial score (nSPS) is 15.0. The lowest BCUT2D eigenvalue weighted by atomic mass is 10.00. The van der Waals surface area contributed by atoms with Crippen molar-refractivity contribution >= 4 is 12.2 Å². The summed E-state index contributed by atoms with van der Waals surface area (Å²) in [6.45, 7) is 10.8. The van der Waals surface area contributed by atoms with Gasteiger partial charge in [-0.15, -0.1) is 0 Å². The smallest absolute Gasteiger partial charge is 0.407 e. The van der Waals surface area contributed by atoms with Crippen molar-refractivity contribution in [3.63, 3.8) is 0 Å². The second-order valence-electron chi connectivity index (χ2n) is 11.7. The molecule has 0 spiro atoms. The maximum atomic E-state index is 12.5. The first kappa shape index (κ1) is 32.1. The molecule has 0 fully saturated rings. The van der Waals surface area contributed by atoms with E-state index in [1.165, 1.54) is 0 Å². The summed E-state index contributed by atoms with van der Waals surface area (Å²) in [5.41, 5.74) is 0.539. The van der Waals surface area contributed by atoms with Crippen LogP contribution in [0.3, 0.4) is 0 Å². The number of hydrogen-bond donors (Lipinski definition) is 5. The minimum Gasteiger partial charge on any atom is -0.444 e. The first-order valence-electron chi connectivity index (χ1n) is 13.4. The molecule has 0 saturated heterocycles. The van der Waals surface area contributed by atoms with E-state index in [9.17, 15) is 19.8 Å². The zero-order chi connectivity index (χ0) is 29.1. The molecule has 0 aliphatic heterocycles. The summed E-state index contributed by atoms with van der Waals surface area (Å²) >= 11 is 0. The summed E-state index contributed by atoms with van der Waals surface area (Å²) in [6, 6.07) is 17.8. The zero-order valence-corrected chi connectivity index (χ0v) is 23.9. The minimum atomic E-state index is -0.976. The summed E-state index contributed by atoms with van der Waals surface area (Å²) in [6.07, 6.45) is -2.41. The van der Waals surface area contributed by atoms with Gasteiger partial charge in [0.25, 0.3) is 0 Å². The van der Waals surface area contributed by atoms with Crippen molar-refractivity contribution in [2.75, 3.05) is 13.1 Å². The molecule has 2 rings (SSSR count). The number of carbonyl (C=O) groups is 2. The van der Waals surface area contributed by atoms with E-state index in [2.05, 4.69) is 16.0 Å². The van der Waals surface area contributed by atoms with Crippen LogP contribution in [-0.2, 0) is 22.3 Å². The Bertz CT molecular complexity index is 923. The van der Waals surface area contributed by atoms with E-state index in [1.54, 1.807) is 41.5 Å². The molecular formula is C30H45N3O6.